The number of aromatic nitrogens is 1. The lowest BCUT2D eigenvalue weighted by Gasteiger charge is -2.28. The summed E-state index contributed by atoms with van der Waals surface area (Å²) >= 11 is 0. The van der Waals surface area contributed by atoms with Crippen molar-refractivity contribution in [3.63, 3.8) is 0 Å². The number of pyridine rings is 1. The van der Waals surface area contributed by atoms with Crippen molar-refractivity contribution in [1.82, 2.24) is 10.3 Å². The van der Waals surface area contributed by atoms with Gasteiger partial charge in [-0.2, -0.15) is 0 Å². The van der Waals surface area contributed by atoms with Crippen molar-refractivity contribution < 1.29 is 0 Å². The van der Waals surface area contributed by atoms with Crippen molar-refractivity contribution in [3.8, 4) is 0 Å². The van der Waals surface area contributed by atoms with Crippen LogP contribution in [0.15, 0.2) is 30.5 Å². The fourth-order valence-electron chi connectivity index (χ4n) is 2.86. The van der Waals surface area contributed by atoms with Gasteiger partial charge in [0, 0.05) is 31.2 Å². The lowest BCUT2D eigenvalue weighted by atomic mass is 10.1. The zero-order valence-corrected chi connectivity index (χ0v) is 13.0. The molecule has 2 rings (SSSR count). The first-order chi connectivity index (χ1) is 9.72. The highest BCUT2D eigenvalue weighted by Gasteiger charge is 2.16. The van der Waals surface area contributed by atoms with Crippen LogP contribution in [0.25, 0.3) is 10.8 Å². The number of rotatable bonds is 6. The molecule has 1 aromatic carbocycles. The van der Waals surface area contributed by atoms with E-state index in [2.05, 4.69) is 55.4 Å². The molecule has 0 saturated carbocycles. The van der Waals surface area contributed by atoms with Crippen molar-refractivity contribution in [2.24, 2.45) is 0 Å². The van der Waals surface area contributed by atoms with E-state index in [9.17, 15) is 0 Å². The Morgan fingerprint density at radius 3 is 2.40 bits per heavy atom. The minimum absolute atomic E-state index is 0.543. The third-order valence-corrected chi connectivity index (χ3v) is 4.05. The highest BCUT2D eigenvalue weighted by molar-refractivity contribution is 5.94. The second kappa shape index (κ2) is 6.71. The Labute approximate surface area is 122 Å². The second-order valence-electron chi connectivity index (χ2n) is 5.26. The molecule has 0 bridgehead atoms. The fraction of sp³-hybridized carbons (Fsp3) is 0.471. The van der Waals surface area contributed by atoms with E-state index in [0.29, 0.717) is 6.04 Å². The molecule has 0 spiro atoms. The van der Waals surface area contributed by atoms with Crippen molar-refractivity contribution in [1.29, 1.82) is 0 Å². The van der Waals surface area contributed by atoms with E-state index in [4.69, 9.17) is 4.98 Å². The van der Waals surface area contributed by atoms with Gasteiger partial charge in [0.25, 0.3) is 0 Å². The van der Waals surface area contributed by atoms with E-state index in [1.54, 1.807) is 0 Å². The smallest absolute Gasteiger partial charge is 0.136 e. The molecule has 0 saturated heterocycles. The Morgan fingerprint density at radius 1 is 1.15 bits per heavy atom. The Bertz CT molecular complexity index is 561. The molecule has 0 radical (unpaired) electrons. The number of benzene rings is 1. The summed E-state index contributed by atoms with van der Waals surface area (Å²) in [6.45, 7) is 5.33. The Kier molecular flexibility index (Phi) is 4.96. The quantitative estimate of drug-likeness (QED) is 0.870. The van der Waals surface area contributed by atoms with Crippen LogP contribution in [-0.4, -0.2) is 25.1 Å². The van der Waals surface area contributed by atoms with Gasteiger partial charge in [-0.15, -0.1) is 0 Å². The normalized spacial score (nSPS) is 11.2. The molecule has 0 unspecified atom stereocenters. The molecule has 0 aliphatic carbocycles. The highest BCUT2D eigenvalue weighted by atomic mass is 15.2. The Balaban J connectivity index is 2.52. The van der Waals surface area contributed by atoms with E-state index < -0.39 is 0 Å². The molecule has 0 atom stereocenters. The minimum atomic E-state index is 0.543. The number of nitrogens with zero attached hydrogens (tertiary/aromatic N) is 2. The molecule has 2 aromatic rings. The van der Waals surface area contributed by atoms with Gasteiger partial charge < -0.3 is 10.2 Å². The van der Waals surface area contributed by atoms with Gasteiger partial charge in [0.2, 0.25) is 0 Å². The first kappa shape index (κ1) is 14.8. The maximum absolute atomic E-state index is 4.73. The highest BCUT2D eigenvalue weighted by Crippen LogP contribution is 2.28. The topological polar surface area (TPSA) is 28.2 Å². The van der Waals surface area contributed by atoms with Crippen LogP contribution in [0.4, 0.5) is 5.82 Å². The fourth-order valence-corrected chi connectivity index (χ4v) is 2.86. The lowest BCUT2D eigenvalue weighted by molar-refractivity contribution is 0.588. The minimum Gasteiger partial charge on any atom is -0.356 e. The monoisotopic (exact) mass is 271 g/mol. The van der Waals surface area contributed by atoms with Crippen LogP contribution in [0.5, 0.6) is 0 Å². The molecular weight excluding hydrogens is 246 g/mol. The number of hydrogen-bond donors (Lipinski definition) is 1. The van der Waals surface area contributed by atoms with Crippen LogP contribution in [0.3, 0.4) is 0 Å². The van der Waals surface area contributed by atoms with Gasteiger partial charge in [0.05, 0.1) is 0 Å². The molecule has 0 fully saturated rings. The summed E-state index contributed by atoms with van der Waals surface area (Å²) in [6.07, 6.45) is 4.29. The van der Waals surface area contributed by atoms with Crippen LogP contribution in [-0.2, 0) is 6.54 Å². The van der Waals surface area contributed by atoms with Gasteiger partial charge in [-0.25, -0.2) is 4.98 Å². The maximum atomic E-state index is 4.73. The van der Waals surface area contributed by atoms with Crippen LogP contribution in [0.1, 0.15) is 32.3 Å². The van der Waals surface area contributed by atoms with Crippen molar-refractivity contribution in [3.05, 3.63) is 36.0 Å². The summed E-state index contributed by atoms with van der Waals surface area (Å²) in [4.78, 5) is 7.05. The standard InChI is InChI=1S/C17H25N3/c1-5-14(6-2)20(4)17-16-10-8-7-9-15(16)13(11-18-3)12-19-17/h7-10,12,14,18H,5-6,11H2,1-4H3. The number of fused-ring (bicyclic) bond motifs is 1. The van der Waals surface area contributed by atoms with Crippen molar-refractivity contribution in [2.75, 3.05) is 19.0 Å². The zero-order chi connectivity index (χ0) is 14.5. The summed E-state index contributed by atoms with van der Waals surface area (Å²) in [7, 11) is 4.13. The third-order valence-electron chi connectivity index (χ3n) is 4.05. The van der Waals surface area contributed by atoms with Gasteiger partial charge in [0.1, 0.15) is 5.82 Å². The van der Waals surface area contributed by atoms with Crippen molar-refractivity contribution in [2.45, 2.75) is 39.3 Å². The maximum Gasteiger partial charge on any atom is 0.136 e. The van der Waals surface area contributed by atoms with Crippen LogP contribution >= 0.6 is 0 Å². The van der Waals surface area contributed by atoms with E-state index in [1.807, 2.05) is 13.2 Å². The molecular formula is C17H25N3. The predicted octanol–water partition coefficient (Wildman–Crippen LogP) is 3.58. The third kappa shape index (κ3) is 2.78. The van der Waals surface area contributed by atoms with Gasteiger partial charge in [-0.3, -0.25) is 0 Å². The molecule has 0 aliphatic heterocycles. The first-order valence-electron chi connectivity index (χ1n) is 7.46. The van der Waals surface area contributed by atoms with E-state index in [1.165, 1.54) is 16.3 Å². The average molecular weight is 271 g/mol. The van der Waals surface area contributed by atoms with Crippen molar-refractivity contribution >= 4 is 16.6 Å². The number of anilines is 1. The molecule has 3 heteroatoms. The molecule has 3 nitrogen and oxygen atoms in total. The Morgan fingerprint density at radius 2 is 1.80 bits per heavy atom. The molecule has 0 amide bonds. The molecule has 1 N–H and O–H groups in total. The van der Waals surface area contributed by atoms with Gasteiger partial charge in [-0.05, 0) is 30.8 Å². The number of nitrogens with one attached hydrogen (secondary N) is 1. The lowest BCUT2D eigenvalue weighted by Crippen LogP contribution is -2.31. The molecule has 0 aliphatic rings. The molecule has 108 valence electrons. The second-order valence-corrected chi connectivity index (χ2v) is 5.26. The summed E-state index contributed by atoms with van der Waals surface area (Å²) < 4.78 is 0. The summed E-state index contributed by atoms with van der Waals surface area (Å²) in [5, 5.41) is 5.76. The molecule has 1 heterocycles. The van der Waals surface area contributed by atoms with Gasteiger partial charge in [-0.1, -0.05) is 38.1 Å². The van der Waals surface area contributed by atoms with Crippen LogP contribution in [0.2, 0.25) is 0 Å². The summed E-state index contributed by atoms with van der Waals surface area (Å²) in [5.41, 5.74) is 1.25. The molecule has 20 heavy (non-hydrogen) atoms. The predicted molar refractivity (Wildman–Crippen MR) is 87.3 cm³/mol. The van der Waals surface area contributed by atoms with E-state index >= 15 is 0 Å². The number of hydrogen-bond acceptors (Lipinski definition) is 3. The average Bonchev–Trinajstić information content (AvgIpc) is 2.49. The van der Waals surface area contributed by atoms with E-state index in [-0.39, 0.29) is 0 Å². The summed E-state index contributed by atoms with van der Waals surface area (Å²) in [6, 6.07) is 9.10. The van der Waals surface area contributed by atoms with Gasteiger partial charge >= 0.3 is 0 Å². The van der Waals surface area contributed by atoms with Gasteiger partial charge in [0.15, 0.2) is 0 Å². The SMILES string of the molecule is CCC(CC)N(C)c1ncc(CNC)c2ccccc12. The van der Waals surface area contributed by atoms with Crippen LogP contribution in [0, 0.1) is 0 Å². The molecule has 1 aromatic heterocycles. The Hall–Kier alpha value is -1.61. The van der Waals surface area contributed by atoms with E-state index in [0.717, 1.165) is 25.2 Å². The summed E-state index contributed by atoms with van der Waals surface area (Å²) in [5.74, 6) is 1.09. The van der Waals surface area contributed by atoms with Crippen LogP contribution < -0.4 is 10.2 Å². The first-order valence-corrected chi connectivity index (χ1v) is 7.46. The largest absolute Gasteiger partial charge is 0.356 e. The zero-order valence-electron chi connectivity index (χ0n) is 13.0.